The van der Waals surface area contributed by atoms with Gasteiger partial charge >= 0.3 is 0 Å². The number of anilines is 2. The van der Waals surface area contributed by atoms with Gasteiger partial charge in [0.05, 0.1) is 29.6 Å². The summed E-state index contributed by atoms with van der Waals surface area (Å²) in [4.78, 5) is 10.7. The van der Waals surface area contributed by atoms with Gasteiger partial charge in [-0.15, -0.1) is 0 Å². The third-order valence-electron chi connectivity index (χ3n) is 5.56. The number of sulfone groups is 1. The van der Waals surface area contributed by atoms with Gasteiger partial charge in [-0.05, 0) is 41.5 Å². The van der Waals surface area contributed by atoms with E-state index in [0.717, 1.165) is 17.7 Å². The summed E-state index contributed by atoms with van der Waals surface area (Å²) in [6.45, 7) is 3.15. The summed E-state index contributed by atoms with van der Waals surface area (Å²) in [6, 6.07) is 10.4. The second kappa shape index (κ2) is 7.82. The Morgan fingerprint density at radius 3 is 2.45 bits per heavy atom. The van der Waals surface area contributed by atoms with Gasteiger partial charge in [0.2, 0.25) is 15.8 Å². The highest BCUT2D eigenvalue weighted by Gasteiger charge is 2.24. The molecule has 0 saturated carbocycles. The van der Waals surface area contributed by atoms with Gasteiger partial charge in [0.25, 0.3) is 0 Å². The van der Waals surface area contributed by atoms with Crippen molar-refractivity contribution < 1.29 is 17.9 Å². The average molecular weight is 439 g/mol. The predicted molar refractivity (Wildman–Crippen MR) is 116 cm³/mol. The van der Waals surface area contributed by atoms with Gasteiger partial charge in [0, 0.05) is 43.2 Å². The Kier molecular flexibility index (Phi) is 4.99. The van der Waals surface area contributed by atoms with Crippen LogP contribution in [0.5, 0.6) is 5.75 Å². The van der Waals surface area contributed by atoms with Crippen LogP contribution in [0.25, 0.3) is 11.1 Å². The van der Waals surface area contributed by atoms with E-state index in [4.69, 9.17) is 15.2 Å². The molecule has 8 nitrogen and oxygen atoms in total. The molecule has 3 aromatic rings. The summed E-state index contributed by atoms with van der Waals surface area (Å²) in [5.41, 5.74) is 8.86. The van der Waals surface area contributed by atoms with Crippen molar-refractivity contribution in [2.24, 2.45) is 0 Å². The largest absolute Gasteiger partial charge is 0.493 e. The quantitative estimate of drug-likeness (QED) is 0.661. The normalized spacial score (nSPS) is 16.1. The predicted octanol–water partition coefficient (Wildman–Crippen LogP) is 2.33. The van der Waals surface area contributed by atoms with Crippen molar-refractivity contribution >= 4 is 21.5 Å². The molecule has 160 valence electrons. The summed E-state index contributed by atoms with van der Waals surface area (Å²) in [7, 11) is -3.76. The van der Waals surface area contributed by atoms with Crippen LogP contribution in [0.3, 0.4) is 0 Å². The molecule has 31 heavy (non-hydrogen) atoms. The van der Waals surface area contributed by atoms with Crippen molar-refractivity contribution in [1.82, 2.24) is 9.97 Å². The Morgan fingerprint density at radius 1 is 0.903 bits per heavy atom. The maximum absolute atomic E-state index is 13.6. The fourth-order valence-corrected chi connectivity index (χ4v) is 5.19. The topological polar surface area (TPSA) is 108 Å². The molecule has 3 heterocycles. The molecule has 2 aromatic carbocycles. The molecule has 2 aliphatic rings. The Hall–Kier alpha value is -3.17. The number of fused-ring (bicyclic) bond motifs is 1. The second-order valence-electron chi connectivity index (χ2n) is 7.52. The fraction of sp³-hybridized carbons (Fsp3) is 0.273. The summed E-state index contributed by atoms with van der Waals surface area (Å²) >= 11 is 0. The Bertz CT molecular complexity index is 1220. The molecule has 0 radical (unpaired) electrons. The van der Waals surface area contributed by atoms with Gasteiger partial charge in [-0.25, -0.2) is 18.4 Å². The first kappa shape index (κ1) is 19.8. The number of nitrogens with two attached hydrogens (primary N) is 1. The Morgan fingerprint density at radius 2 is 1.68 bits per heavy atom. The van der Waals surface area contributed by atoms with Crippen LogP contribution >= 0.6 is 0 Å². The number of benzene rings is 2. The molecule has 1 fully saturated rings. The van der Waals surface area contributed by atoms with Crippen LogP contribution in [-0.4, -0.2) is 51.3 Å². The van der Waals surface area contributed by atoms with Gasteiger partial charge in [-0.2, -0.15) is 0 Å². The highest BCUT2D eigenvalue weighted by Crippen LogP contribution is 2.34. The van der Waals surface area contributed by atoms with Crippen LogP contribution in [0.2, 0.25) is 0 Å². The molecule has 0 aliphatic carbocycles. The minimum Gasteiger partial charge on any atom is -0.493 e. The number of hydrogen-bond donors (Lipinski definition) is 1. The standard InChI is InChI=1S/C22H22N4O4S/c23-22-24-13-17(14-25-22)16-9-18(26-4-7-29-8-5-26)11-20(10-16)31(27,28)19-2-1-15-3-6-30-21(15)12-19/h1-2,9-14H,3-8H2,(H2,23,24,25). The minimum absolute atomic E-state index is 0.166. The monoisotopic (exact) mass is 438 g/mol. The molecule has 1 saturated heterocycles. The SMILES string of the molecule is Nc1ncc(-c2cc(N3CCOCC3)cc(S(=O)(=O)c3ccc4c(c3)OCC4)c2)cn1. The lowest BCUT2D eigenvalue weighted by atomic mass is 10.1. The van der Waals surface area contributed by atoms with Crippen LogP contribution in [-0.2, 0) is 21.0 Å². The number of aromatic nitrogens is 2. The molecular weight excluding hydrogens is 416 g/mol. The zero-order chi connectivity index (χ0) is 21.4. The van der Waals surface area contributed by atoms with Crippen molar-refractivity contribution in [2.45, 2.75) is 16.2 Å². The summed E-state index contributed by atoms with van der Waals surface area (Å²) in [5.74, 6) is 0.802. The van der Waals surface area contributed by atoms with Gasteiger partial charge in [0.1, 0.15) is 5.75 Å². The van der Waals surface area contributed by atoms with Crippen LogP contribution in [0.4, 0.5) is 11.6 Å². The van der Waals surface area contributed by atoms with Gasteiger partial charge < -0.3 is 20.1 Å². The molecular formula is C22H22N4O4S. The Labute approximate surface area is 180 Å². The maximum Gasteiger partial charge on any atom is 0.219 e. The lowest BCUT2D eigenvalue weighted by Crippen LogP contribution is -2.36. The van der Waals surface area contributed by atoms with Crippen LogP contribution in [0.15, 0.2) is 58.6 Å². The minimum atomic E-state index is -3.76. The smallest absolute Gasteiger partial charge is 0.219 e. The molecule has 0 bridgehead atoms. The summed E-state index contributed by atoms with van der Waals surface area (Å²) in [6.07, 6.45) is 3.99. The number of nitrogen functional groups attached to an aromatic ring is 1. The molecule has 0 amide bonds. The van der Waals surface area contributed by atoms with E-state index in [0.29, 0.717) is 49.8 Å². The molecule has 0 spiro atoms. The second-order valence-corrected chi connectivity index (χ2v) is 9.47. The maximum atomic E-state index is 13.6. The fourth-order valence-electron chi connectivity index (χ4n) is 3.85. The van der Waals surface area contributed by atoms with E-state index < -0.39 is 9.84 Å². The zero-order valence-corrected chi connectivity index (χ0v) is 17.6. The molecule has 0 atom stereocenters. The lowest BCUT2D eigenvalue weighted by molar-refractivity contribution is 0.122. The molecule has 2 aliphatic heterocycles. The van der Waals surface area contributed by atoms with Gasteiger partial charge in [-0.3, -0.25) is 0 Å². The van der Waals surface area contributed by atoms with Crippen LogP contribution in [0, 0.1) is 0 Å². The third-order valence-corrected chi connectivity index (χ3v) is 7.29. The van der Waals surface area contributed by atoms with Crippen molar-refractivity contribution in [3.63, 3.8) is 0 Å². The molecule has 5 rings (SSSR count). The van der Waals surface area contributed by atoms with E-state index in [-0.39, 0.29) is 15.7 Å². The van der Waals surface area contributed by atoms with E-state index in [2.05, 4.69) is 14.9 Å². The number of rotatable bonds is 4. The molecule has 9 heteroatoms. The average Bonchev–Trinajstić information content (AvgIpc) is 3.28. The summed E-state index contributed by atoms with van der Waals surface area (Å²) in [5, 5.41) is 0. The highest BCUT2D eigenvalue weighted by atomic mass is 32.2. The van der Waals surface area contributed by atoms with E-state index in [9.17, 15) is 8.42 Å². The van der Waals surface area contributed by atoms with E-state index in [1.165, 1.54) is 0 Å². The first-order valence-electron chi connectivity index (χ1n) is 10.1. The molecule has 2 N–H and O–H groups in total. The number of ether oxygens (including phenoxy) is 2. The molecule has 1 aromatic heterocycles. The van der Waals surface area contributed by atoms with E-state index >= 15 is 0 Å². The van der Waals surface area contributed by atoms with Crippen molar-refractivity contribution in [2.75, 3.05) is 43.5 Å². The highest BCUT2D eigenvalue weighted by molar-refractivity contribution is 7.91. The van der Waals surface area contributed by atoms with Crippen molar-refractivity contribution in [1.29, 1.82) is 0 Å². The van der Waals surface area contributed by atoms with E-state index in [1.54, 1.807) is 36.7 Å². The van der Waals surface area contributed by atoms with Crippen molar-refractivity contribution in [3.05, 3.63) is 54.4 Å². The first-order valence-corrected chi connectivity index (χ1v) is 11.6. The number of nitrogens with zero attached hydrogens (tertiary/aromatic N) is 3. The van der Waals surface area contributed by atoms with Crippen molar-refractivity contribution in [3.8, 4) is 16.9 Å². The lowest BCUT2D eigenvalue weighted by Gasteiger charge is -2.29. The molecule has 0 unspecified atom stereocenters. The van der Waals surface area contributed by atoms with Gasteiger partial charge in [0.15, 0.2) is 0 Å². The summed E-state index contributed by atoms with van der Waals surface area (Å²) < 4.78 is 38.1. The van der Waals surface area contributed by atoms with Crippen LogP contribution < -0.4 is 15.4 Å². The third kappa shape index (κ3) is 3.82. The first-order chi connectivity index (χ1) is 15.0. The number of hydrogen-bond acceptors (Lipinski definition) is 8. The number of morpholine rings is 1. The van der Waals surface area contributed by atoms with Gasteiger partial charge in [-0.1, -0.05) is 6.07 Å². The van der Waals surface area contributed by atoms with Crippen LogP contribution in [0.1, 0.15) is 5.56 Å². The Balaban J connectivity index is 1.62. The van der Waals surface area contributed by atoms with E-state index in [1.807, 2.05) is 12.1 Å². The zero-order valence-electron chi connectivity index (χ0n) is 16.8.